The van der Waals surface area contributed by atoms with E-state index in [0.29, 0.717) is 34.1 Å². The number of para-hydroxylation sites is 2. The van der Waals surface area contributed by atoms with Crippen LogP contribution in [-0.2, 0) is 0 Å². The molecule has 5 nitrogen and oxygen atoms in total. The zero-order valence-corrected chi connectivity index (χ0v) is 16.2. The van der Waals surface area contributed by atoms with E-state index < -0.39 is 0 Å². The Balaban J connectivity index is 1.54. The lowest BCUT2D eigenvalue weighted by atomic mass is 10.1. The Kier molecular flexibility index (Phi) is 4.21. The summed E-state index contributed by atoms with van der Waals surface area (Å²) in [4.78, 5) is 27.5. The predicted molar refractivity (Wildman–Crippen MR) is 115 cm³/mol. The summed E-state index contributed by atoms with van der Waals surface area (Å²) in [7, 11) is 1.56. The molecule has 0 radical (unpaired) electrons. The molecule has 0 aliphatic carbocycles. The molecule has 2 amide bonds. The van der Waals surface area contributed by atoms with E-state index in [2.05, 4.69) is 0 Å². The lowest BCUT2D eigenvalue weighted by Crippen LogP contribution is -2.29. The maximum atomic E-state index is 13.2. The highest BCUT2D eigenvalue weighted by Crippen LogP contribution is 2.37. The van der Waals surface area contributed by atoms with Crippen LogP contribution in [0, 0.1) is 0 Å². The first-order valence-corrected chi connectivity index (χ1v) is 9.49. The molecule has 0 saturated heterocycles. The van der Waals surface area contributed by atoms with Gasteiger partial charge < -0.3 is 9.47 Å². The Bertz CT molecular complexity index is 1310. The third-order valence-electron chi connectivity index (χ3n) is 5.16. The van der Waals surface area contributed by atoms with E-state index in [-0.39, 0.29) is 11.8 Å². The van der Waals surface area contributed by atoms with Gasteiger partial charge in [-0.2, -0.15) is 0 Å². The molecule has 1 aliphatic heterocycles. The van der Waals surface area contributed by atoms with Crippen molar-refractivity contribution in [2.75, 3.05) is 12.0 Å². The molecule has 0 saturated carbocycles. The number of methoxy groups -OCH3 is 1. The third-order valence-corrected chi connectivity index (χ3v) is 5.16. The van der Waals surface area contributed by atoms with Crippen LogP contribution in [0.3, 0.4) is 0 Å². The van der Waals surface area contributed by atoms with E-state index >= 15 is 0 Å². The highest BCUT2D eigenvalue weighted by molar-refractivity contribution is 6.36. The molecule has 0 fully saturated rings. The molecule has 1 heterocycles. The SMILES string of the molecule is COc1ccccc1Oc1ccc2c(c1)C(=O)N(c1cccc3ccccc13)C2=O. The second-order valence-electron chi connectivity index (χ2n) is 6.90. The van der Waals surface area contributed by atoms with Crippen molar-refractivity contribution in [3.05, 3.63) is 96.1 Å². The highest BCUT2D eigenvalue weighted by Gasteiger charge is 2.37. The molecule has 5 rings (SSSR count). The van der Waals surface area contributed by atoms with E-state index in [0.717, 1.165) is 10.8 Å². The fourth-order valence-electron chi connectivity index (χ4n) is 3.74. The van der Waals surface area contributed by atoms with Gasteiger partial charge >= 0.3 is 0 Å². The molecule has 1 aliphatic rings. The van der Waals surface area contributed by atoms with Crippen molar-refractivity contribution >= 4 is 28.3 Å². The number of hydrogen-bond acceptors (Lipinski definition) is 4. The van der Waals surface area contributed by atoms with Gasteiger partial charge in [-0.05, 0) is 41.8 Å². The van der Waals surface area contributed by atoms with Gasteiger partial charge in [0, 0.05) is 5.39 Å². The molecule has 4 aromatic carbocycles. The average Bonchev–Trinajstić information content (AvgIpc) is 3.03. The quantitative estimate of drug-likeness (QED) is 0.432. The van der Waals surface area contributed by atoms with Crippen molar-refractivity contribution in [1.29, 1.82) is 0 Å². The van der Waals surface area contributed by atoms with Gasteiger partial charge in [-0.1, -0.05) is 48.5 Å². The van der Waals surface area contributed by atoms with Gasteiger partial charge in [0.2, 0.25) is 0 Å². The van der Waals surface area contributed by atoms with E-state index in [9.17, 15) is 9.59 Å². The number of rotatable bonds is 4. The second kappa shape index (κ2) is 7.04. The normalized spacial score (nSPS) is 12.9. The van der Waals surface area contributed by atoms with Crippen molar-refractivity contribution in [2.45, 2.75) is 0 Å². The molecule has 5 heteroatoms. The van der Waals surface area contributed by atoms with Crippen LogP contribution in [0.5, 0.6) is 17.2 Å². The molecule has 0 spiro atoms. The van der Waals surface area contributed by atoms with Gasteiger partial charge in [0.15, 0.2) is 11.5 Å². The summed E-state index contributed by atoms with van der Waals surface area (Å²) in [5.41, 5.74) is 1.26. The first kappa shape index (κ1) is 17.9. The Morgan fingerprint density at radius 3 is 2.23 bits per heavy atom. The lowest BCUT2D eigenvalue weighted by molar-refractivity contribution is 0.0926. The van der Waals surface area contributed by atoms with Crippen LogP contribution in [0.15, 0.2) is 84.9 Å². The predicted octanol–water partition coefficient (Wildman–Crippen LogP) is 5.44. The summed E-state index contributed by atoms with van der Waals surface area (Å²) in [6.45, 7) is 0. The van der Waals surface area contributed by atoms with Gasteiger partial charge in [0.25, 0.3) is 11.8 Å². The number of fused-ring (bicyclic) bond motifs is 2. The fourth-order valence-corrected chi connectivity index (χ4v) is 3.74. The summed E-state index contributed by atoms with van der Waals surface area (Å²) < 4.78 is 11.2. The maximum absolute atomic E-state index is 13.2. The van der Waals surface area contributed by atoms with Gasteiger partial charge in [0.05, 0.1) is 23.9 Å². The molecule has 0 aromatic heterocycles. The summed E-state index contributed by atoms with van der Waals surface area (Å²) in [5, 5.41) is 1.81. The average molecular weight is 395 g/mol. The van der Waals surface area contributed by atoms with Crippen LogP contribution in [0.2, 0.25) is 0 Å². The Labute approximate surface area is 173 Å². The van der Waals surface area contributed by atoms with E-state index in [1.807, 2.05) is 48.5 Å². The summed E-state index contributed by atoms with van der Waals surface area (Å²) in [5.74, 6) is 0.867. The first-order valence-electron chi connectivity index (χ1n) is 9.49. The Morgan fingerprint density at radius 1 is 0.700 bits per heavy atom. The number of benzene rings is 4. The van der Waals surface area contributed by atoms with Crippen molar-refractivity contribution < 1.29 is 19.1 Å². The topological polar surface area (TPSA) is 55.8 Å². The first-order chi connectivity index (χ1) is 14.7. The standard InChI is InChI=1S/C25H17NO4/c1-29-22-11-4-5-12-23(22)30-17-13-14-19-20(15-17)25(28)26(24(19)27)21-10-6-8-16-7-2-3-9-18(16)21/h2-15H,1H3. The molecule has 146 valence electrons. The van der Waals surface area contributed by atoms with Crippen LogP contribution in [0.1, 0.15) is 20.7 Å². The molecule has 0 atom stereocenters. The molecule has 0 bridgehead atoms. The minimum absolute atomic E-state index is 0.320. The molecular weight excluding hydrogens is 378 g/mol. The zero-order chi connectivity index (χ0) is 20.7. The van der Waals surface area contributed by atoms with Gasteiger partial charge in [-0.25, -0.2) is 4.90 Å². The van der Waals surface area contributed by atoms with Crippen molar-refractivity contribution in [2.24, 2.45) is 0 Å². The largest absolute Gasteiger partial charge is 0.493 e. The fraction of sp³-hybridized carbons (Fsp3) is 0.0400. The van der Waals surface area contributed by atoms with Crippen LogP contribution >= 0.6 is 0 Å². The van der Waals surface area contributed by atoms with Crippen LogP contribution in [0.25, 0.3) is 10.8 Å². The van der Waals surface area contributed by atoms with Crippen LogP contribution < -0.4 is 14.4 Å². The monoisotopic (exact) mass is 395 g/mol. The summed E-state index contributed by atoms with van der Waals surface area (Å²) >= 11 is 0. The van der Waals surface area contributed by atoms with Crippen molar-refractivity contribution in [3.63, 3.8) is 0 Å². The minimum atomic E-state index is -0.364. The summed E-state index contributed by atoms with van der Waals surface area (Å²) in [6, 6.07) is 25.4. The van der Waals surface area contributed by atoms with Crippen LogP contribution in [0.4, 0.5) is 5.69 Å². The number of amides is 2. The van der Waals surface area contributed by atoms with E-state index in [4.69, 9.17) is 9.47 Å². The van der Waals surface area contributed by atoms with Crippen molar-refractivity contribution in [1.82, 2.24) is 0 Å². The Hall–Kier alpha value is -4.12. The van der Waals surface area contributed by atoms with E-state index in [1.165, 1.54) is 4.90 Å². The zero-order valence-electron chi connectivity index (χ0n) is 16.2. The number of carbonyl (C=O) groups excluding carboxylic acids is 2. The number of carbonyl (C=O) groups is 2. The second-order valence-corrected chi connectivity index (χ2v) is 6.90. The maximum Gasteiger partial charge on any atom is 0.266 e. The number of hydrogen-bond donors (Lipinski definition) is 0. The van der Waals surface area contributed by atoms with Gasteiger partial charge in [-0.3, -0.25) is 9.59 Å². The molecule has 4 aromatic rings. The molecule has 30 heavy (non-hydrogen) atoms. The van der Waals surface area contributed by atoms with Gasteiger partial charge in [0.1, 0.15) is 5.75 Å². The highest BCUT2D eigenvalue weighted by atomic mass is 16.5. The third kappa shape index (κ3) is 2.79. The molecule has 0 N–H and O–H groups in total. The molecule has 0 unspecified atom stereocenters. The van der Waals surface area contributed by atoms with Crippen molar-refractivity contribution in [3.8, 4) is 17.2 Å². The summed E-state index contributed by atoms with van der Waals surface area (Å²) in [6.07, 6.45) is 0. The van der Waals surface area contributed by atoms with E-state index in [1.54, 1.807) is 43.5 Å². The Morgan fingerprint density at radius 2 is 1.40 bits per heavy atom. The number of imide groups is 1. The minimum Gasteiger partial charge on any atom is -0.493 e. The number of ether oxygens (including phenoxy) is 2. The number of nitrogens with zero attached hydrogens (tertiary/aromatic N) is 1. The molecular formula is C25H17NO4. The smallest absolute Gasteiger partial charge is 0.266 e. The van der Waals surface area contributed by atoms with Crippen LogP contribution in [-0.4, -0.2) is 18.9 Å². The van der Waals surface area contributed by atoms with Gasteiger partial charge in [-0.15, -0.1) is 0 Å². The number of anilines is 1. The lowest BCUT2D eigenvalue weighted by Gasteiger charge is -2.16.